The van der Waals surface area contributed by atoms with E-state index in [-0.39, 0.29) is 65.4 Å². The Hall–Kier alpha value is -6.23. The molecule has 3 rings (SSSR count). The van der Waals surface area contributed by atoms with Crippen molar-refractivity contribution in [3.05, 3.63) is 89.5 Å². The average Bonchev–Trinajstić information content (AvgIpc) is 3.28. The number of hydrogen-bond acceptors (Lipinski definition) is 11. The van der Waals surface area contributed by atoms with Crippen molar-refractivity contribution in [3.8, 4) is 5.75 Å². The molecular formula is C50H65ClF2N4O11. The van der Waals surface area contributed by atoms with Crippen LogP contribution in [0.5, 0.6) is 5.75 Å². The first-order chi connectivity index (χ1) is 34.3. The van der Waals surface area contributed by atoms with Gasteiger partial charge in [0.1, 0.15) is 17.8 Å². The van der Waals surface area contributed by atoms with Gasteiger partial charge in [-0.1, -0.05) is 43.9 Å². The summed E-state index contributed by atoms with van der Waals surface area (Å²) in [6.45, 7) is 4.24. The van der Waals surface area contributed by atoms with Crippen molar-refractivity contribution in [2.45, 2.75) is 143 Å². The summed E-state index contributed by atoms with van der Waals surface area (Å²) < 4.78 is 86.3. The van der Waals surface area contributed by atoms with E-state index in [1.165, 1.54) is 48.5 Å². The summed E-state index contributed by atoms with van der Waals surface area (Å²) >= 11 is 5.68. The molecule has 0 unspecified atom stereocenters. The Morgan fingerprint density at radius 2 is 1.01 bits per heavy atom. The highest BCUT2D eigenvalue weighted by Gasteiger charge is 2.25. The van der Waals surface area contributed by atoms with Gasteiger partial charge < -0.3 is 35.5 Å². The topological polar surface area (TPSA) is 212 Å². The van der Waals surface area contributed by atoms with Crippen molar-refractivity contribution in [1.29, 1.82) is 0 Å². The Morgan fingerprint density at radius 1 is 0.603 bits per heavy atom. The van der Waals surface area contributed by atoms with Gasteiger partial charge in [-0.25, -0.2) is 8.78 Å². The normalized spacial score (nSPS) is 13.6. The molecule has 2 atom stereocenters. The molecule has 15 nitrogen and oxygen atoms in total. The Kier molecular flexibility index (Phi) is 20.5. The third-order valence-corrected chi connectivity index (χ3v) is 9.41. The third kappa shape index (κ3) is 24.0. The number of esters is 2. The SMILES string of the molecule is [2H]C([2H])([2H])C(=O)Nc1cccc(C(=O)N[C@H](CCCCCC(=O)OC(C)(C)C)C(=O)CCl)c1.[2H]C([2H])([2H])C(=O)Nc1cccc(C(=O)N[C@H](CCCCCC(=O)OC(C)(C)C)C(=O)COc2c(F)cccc2F)c1. The molecule has 0 radical (unpaired) electrons. The van der Waals surface area contributed by atoms with E-state index in [4.69, 9.17) is 34.0 Å². The highest BCUT2D eigenvalue weighted by Crippen LogP contribution is 2.22. The summed E-state index contributed by atoms with van der Waals surface area (Å²) in [4.78, 5) is 97.9. The molecule has 0 aliphatic carbocycles. The fraction of sp³-hybridized carbons (Fsp3) is 0.480. The first-order valence-corrected chi connectivity index (χ1v) is 22.4. The summed E-state index contributed by atoms with van der Waals surface area (Å²) in [6, 6.07) is 12.4. The number of rotatable bonds is 24. The van der Waals surface area contributed by atoms with Gasteiger partial charge >= 0.3 is 11.9 Å². The summed E-state index contributed by atoms with van der Waals surface area (Å²) in [5.74, 6) is -8.26. The van der Waals surface area contributed by atoms with Crippen molar-refractivity contribution in [2.24, 2.45) is 0 Å². The average molecular weight is 978 g/mol. The van der Waals surface area contributed by atoms with E-state index >= 15 is 0 Å². The van der Waals surface area contributed by atoms with E-state index < -0.39 is 90.4 Å². The van der Waals surface area contributed by atoms with Crippen LogP contribution in [0, 0.1) is 11.6 Å². The minimum atomic E-state index is -2.89. The molecule has 68 heavy (non-hydrogen) atoms. The number of para-hydroxylation sites is 1. The zero-order valence-electron chi connectivity index (χ0n) is 45.1. The minimum Gasteiger partial charge on any atom is -0.480 e. The van der Waals surface area contributed by atoms with Crippen molar-refractivity contribution in [3.63, 3.8) is 0 Å². The summed E-state index contributed by atoms with van der Waals surface area (Å²) in [5, 5.41) is 9.63. The van der Waals surface area contributed by atoms with E-state index in [9.17, 15) is 47.1 Å². The van der Waals surface area contributed by atoms with Gasteiger partial charge in [0.15, 0.2) is 29.0 Å². The van der Waals surface area contributed by atoms with Crippen LogP contribution >= 0.6 is 11.6 Å². The standard InChI is InChI=1S/C28H34F2N2O6.C22H31ClN2O5/c1-18(33)31-20-11-8-10-19(16-20)27(36)32-23(14-6-5-7-15-25(35)38-28(2,3)4)24(34)17-37-26-21(29)12-9-13-22(26)30;1-15(26)24-17-10-8-9-16(13-17)21(29)25-18(19(27)14-23)11-6-5-7-12-20(28)30-22(2,3)4/h8-13,16,23H,5-7,14-15,17H2,1-4H3,(H,31,33)(H,32,36);8-10,13,18H,5-7,11-12,14H2,1-4H3,(H,24,26)(H,25,29)/t23-;18-/m11/s1/i2*1D3. The highest BCUT2D eigenvalue weighted by molar-refractivity contribution is 6.28. The second kappa shape index (κ2) is 28.8. The lowest BCUT2D eigenvalue weighted by Gasteiger charge is -2.20. The van der Waals surface area contributed by atoms with Gasteiger partial charge in [-0.15, -0.1) is 11.6 Å². The third-order valence-electron chi connectivity index (χ3n) is 9.15. The first kappa shape index (κ1) is 48.2. The van der Waals surface area contributed by atoms with E-state index in [1.54, 1.807) is 41.5 Å². The van der Waals surface area contributed by atoms with E-state index in [2.05, 4.69) is 21.3 Å². The predicted molar refractivity (Wildman–Crippen MR) is 254 cm³/mol. The number of Topliss-reactive ketones (excluding diaryl/α,β-unsaturated/α-hetero) is 2. The smallest absolute Gasteiger partial charge is 0.306 e. The van der Waals surface area contributed by atoms with Crippen molar-refractivity contribution >= 4 is 70.1 Å². The van der Waals surface area contributed by atoms with Crippen LogP contribution in [-0.4, -0.2) is 82.9 Å². The lowest BCUT2D eigenvalue weighted by atomic mass is 10.0. The van der Waals surface area contributed by atoms with Crippen LogP contribution in [0.1, 0.15) is 148 Å². The quantitative estimate of drug-likeness (QED) is 0.0378. The van der Waals surface area contributed by atoms with Crippen molar-refractivity contribution in [1.82, 2.24) is 10.6 Å². The van der Waals surface area contributed by atoms with Gasteiger partial charge in [0.05, 0.1) is 18.0 Å². The second-order valence-corrected chi connectivity index (χ2v) is 17.7. The van der Waals surface area contributed by atoms with Crippen molar-refractivity contribution in [2.75, 3.05) is 23.1 Å². The number of amides is 4. The lowest BCUT2D eigenvalue weighted by molar-refractivity contribution is -0.156. The highest BCUT2D eigenvalue weighted by atomic mass is 35.5. The molecule has 0 heterocycles. The number of hydrogen-bond donors (Lipinski definition) is 4. The number of halogens is 3. The van der Waals surface area contributed by atoms with Gasteiger partial charge in [0.2, 0.25) is 11.8 Å². The van der Waals surface area contributed by atoms with Crippen LogP contribution in [0.15, 0.2) is 66.7 Å². The summed E-state index contributed by atoms with van der Waals surface area (Å²) in [6.07, 6.45) is 4.20. The number of anilines is 2. The molecule has 3 aromatic carbocycles. The summed E-state index contributed by atoms with van der Waals surface area (Å²) in [7, 11) is 0. The maximum absolute atomic E-state index is 13.9. The Morgan fingerprint density at radius 3 is 1.41 bits per heavy atom. The molecule has 4 amide bonds. The number of carbonyl (C=O) groups excluding carboxylic acids is 8. The van der Waals surface area contributed by atoms with E-state index in [1.807, 2.05) is 0 Å². The number of ketones is 2. The molecule has 0 fully saturated rings. The molecule has 4 N–H and O–H groups in total. The monoisotopic (exact) mass is 976 g/mol. The maximum atomic E-state index is 13.9. The van der Waals surface area contributed by atoms with E-state index in [0.29, 0.717) is 44.9 Å². The fourth-order valence-electron chi connectivity index (χ4n) is 6.18. The first-order valence-electron chi connectivity index (χ1n) is 24.9. The molecule has 0 aliphatic heterocycles. The molecule has 372 valence electrons. The lowest BCUT2D eigenvalue weighted by Crippen LogP contribution is -2.43. The molecule has 0 saturated heterocycles. The zero-order valence-corrected chi connectivity index (χ0v) is 39.9. The predicted octanol–water partition coefficient (Wildman–Crippen LogP) is 8.81. The molecular weight excluding hydrogens is 906 g/mol. The second-order valence-electron chi connectivity index (χ2n) is 17.4. The zero-order chi connectivity index (χ0) is 56.0. The number of carbonyl (C=O) groups is 8. The van der Waals surface area contributed by atoms with Crippen LogP contribution in [0.25, 0.3) is 0 Å². The van der Waals surface area contributed by atoms with Crippen LogP contribution in [-0.2, 0) is 38.2 Å². The van der Waals surface area contributed by atoms with Crippen LogP contribution < -0.4 is 26.0 Å². The molecule has 0 saturated carbocycles. The van der Waals surface area contributed by atoms with Crippen LogP contribution in [0.3, 0.4) is 0 Å². The largest absolute Gasteiger partial charge is 0.480 e. The minimum absolute atomic E-state index is 0.0251. The van der Waals surface area contributed by atoms with Crippen LogP contribution in [0.4, 0.5) is 20.2 Å². The Labute approximate surface area is 410 Å². The van der Waals surface area contributed by atoms with Crippen LogP contribution in [0.2, 0.25) is 0 Å². The van der Waals surface area contributed by atoms with Gasteiger partial charge in [-0.05, 0) is 116 Å². The number of unbranched alkanes of at least 4 members (excludes halogenated alkanes) is 4. The fourth-order valence-corrected chi connectivity index (χ4v) is 6.37. The van der Waals surface area contributed by atoms with Gasteiger partial charge in [-0.3, -0.25) is 38.4 Å². The molecule has 18 heteroatoms. The van der Waals surface area contributed by atoms with Gasteiger partial charge in [0, 0.05) is 57.3 Å². The number of alkyl halides is 1. The summed E-state index contributed by atoms with van der Waals surface area (Å²) in [5.41, 5.74) is -0.767. The Bertz CT molecular complexity index is 2410. The number of ether oxygens (including phenoxy) is 3. The Balaban J connectivity index is 0.000000519. The van der Waals surface area contributed by atoms with E-state index in [0.717, 1.165) is 18.2 Å². The molecule has 0 bridgehead atoms. The van der Waals surface area contributed by atoms with Gasteiger partial charge in [-0.2, -0.15) is 0 Å². The molecule has 0 aliphatic rings. The molecule has 0 spiro atoms. The number of nitrogens with one attached hydrogen (secondary N) is 4. The van der Waals surface area contributed by atoms with Gasteiger partial charge in [0.25, 0.3) is 11.8 Å². The molecule has 0 aromatic heterocycles. The number of benzene rings is 3. The molecule has 3 aromatic rings. The maximum Gasteiger partial charge on any atom is 0.306 e. The van der Waals surface area contributed by atoms with Crippen molar-refractivity contribution < 1.29 is 69.6 Å².